The molecule has 0 amide bonds. The Morgan fingerprint density at radius 2 is 1.97 bits per heavy atom. The van der Waals surface area contributed by atoms with Gasteiger partial charge in [0.25, 0.3) is 5.56 Å². The van der Waals surface area contributed by atoms with Crippen molar-refractivity contribution in [1.82, 2.24) is 24.6 Å². The largest absolute Gasteiger partial charge is 0.310 e. The molecule has 0 spiro atoms. The predicted octanol–water partition coefficient (Wildman–Crippen LogP) is 3.34. The second-order valence-electron chi connectivity index (χ2n) is 8.80. The second kappa shape index (κ2) is 7.69. The summed E-state index contributed by atoms with van der Waals surface area (Å²) in [5, 5.41) is 14.1. The van der Waals surface area contributed by atoms with Gasteiger partial charge in [-0.05, 0) is 36.5 Å². The van der Waals surface area contributed by atoms with Crippen molar-refractivity contribution >= 4 is 11.0 Å². The molecule has 0 bridgehead atoms. The highest BCUT2D eigenvalue weighted by atomic mass is 16.1. The number of aromatic nitrogens is 4. The topological polar surface area (TPSA) is 90.6 Å². The molecule has 1 saturated heterocycles. The normalized spacial score (nSPS) is 22.7. The Morgan fingerprint density at radius 3 is 2.70 bits per heavy atom. The molecule has 1 aromatic carbocycles. The Hall–Kier alpha value is -2.98. The van der Waals surface area contributed by atoms with Gasteiger partial charge in [0.05, 0.1) is 23.9 Å². The lowest BCUT2D eigenvalue weighted by atomic mass is 9.97. The van der Waals surface area contributed by atoms with Gasteiger partial charge in [0, 0.05) is 25.6 Å². The first-order valence-corrected chi connectivity index (χ1v) is 10.8. The number of nitriles is 1. The van der Waals surface area contributed by atoms with Gasteiger partial charge < -0.3 is 4.98 Å². The molecule has 5 rings (SSSR count). The molecule has 3 aromatic rings. The maximum atomic E-state index is 12.7. The van der Waals surface area contributed by atoms with Gasteiger partial charge in [0.15, 0.2) is 5.65 Å². The minimum absolute atomic E-state index is 0.0861. The summed E-state index contributed by atoms with van der Waals surface area (Å²) in [6.45, 7) is 4.86. The smallest absolute Gasteiger partial charge is 0.262 e. The number of fused-ring (bicyclic) bond motifs is 1. The van der Waals surface area contributed by atoms with Crippen LogP contribution in [0.25, 0.3) is 11.0 Å². The Morgan fingerprint density at radius 1 is 1.20 bits per heavy atom. The molecule has 2 atom stereocenters. The highest BCUT2D eigenvalue weighted by Gasteiger charge is 2.33. The van der Waals surface area contributed by atoms with E-state index < -0.39 is 0 Å². The zero-order valence-electron chi connectivity index (χ0n) is 17.2. The van der Waals surface area contributed by atoms with Crippen molar-refractivity contribution in [1.29, 1.82) is 5.26 Å². The van der Waals surface area contributed by atoms with Crippen LogP contribution in [0.3, 0.4) is 0 Å². The van der Waals surface area contributed by atoms with Crippen molar-refractivity contribution in [2.24, 2.45) is 5.92 Å². The Labute approximate surface area is 175 Å². The molecule has 0 radical (unpaired) electrons. The molecule has 3 heterocycles. The third-order valence-electron chi connectivity index (χ3n) is 6.68. The van der Waals surface area contributed by atoms with E-state index in [-0.39, 0.29) is 11.5 Å². The number of nitrogens with zero attached hydrogens (tertiary/aromatic N) is 5. The van der Waals surface area contributed by atoms with E-state index in [0.717, 1.165) is 43.9 Å². The number of likely N-dealkylation sites (tertiary alicyclic amines) is 1. The number of benzene rings is 1. The summed E-state index contributed by atoms with van der Waals surface area (Å²) in [6.07, 6.45) is 6.31. The second-order valence-corrected chi connectivity index (χ2v) is 8.80. The van der Waals surface area contributed by atoms with E-state index in [1.54, 1.807) is 6.20 Å². The first kappa shape index (κ1) is 19.0. The molecule has 7 heteroatoms. The minimum Gasteiger partial charge on any atom is -0.310 e. The molecule has 1 aliphatic carbocycles. The van der Waals surface area contributed by atoms with E-state index in [0.29, 0.717) is 22.9 Å². The summed E-state index contributed by atoms with van der Waals surface area (Å²) in [4.78, 5) is 23.1. The van der Waals surface area contributed by atoms with Crippen molar-refractivity contribution < 1.29 is 0 Å². The number of aromatic amines is 1. The summed E-state index contributed by atoms with van der Waals surface area (Å²) >= 11 is 0. The van der Waals surface area contributed by atoms with Crippen LogP contribution in [0.4, 0.5) is 0 Å². The molecule has 2 fully saturated rings. The molecule has 1 N–H and O–H groups in total. The highest BCUT2D eigenvalue weighted by Crippen LogP contribution is 2.33. The molecular formula is C23H26N6O. The maximum Gasteiger partial charge on any atom is 0.262 e. The predicted molar refractivity (Wildman–Crippen MR) is 114 cm³/mol. The molecule has 1 aliphatic heterocycles. The van der Waals surface area contributed by atoms with E-state index in [9.17, 15) is 4.79 Å². The number of hydrogen-bond acceptors (Lipinski definition) is 5. The van der Waals surface area contributed by atoms with E-state index in [4.69, 9.17) is 10.2 Å². The lowest BCUT2D eigenvalue weighted by Crippen LogP contribution is -2.21. The van der Waals surface area contributed by atoms with Gasteiger partial charge in [-0.1, -0.05) is 31.9 Å². The van der Waals surface area contributed by atoms with Gasteiger partial charge in [-0.3, -0.25) is 9.69 Å². The Bertz CT molecular complexity index is 1150. The van der Waals surface area contributed by atoms with Gasteiger partial charge in [-0.15, -0.1) is 0 Å². The molecule has 30 heavy (non-hydrogen) atoms. The first-order valence-electron chi connectivity index (χ1n) is 10.8. The SMILES string of the molecule is C[C@@H]1CN(Cc2ccc(C#N)cc2)C[C@H]1c1nc2c(cnn2C2CCCC2)c(=O)[nH]1. The number of nitrogens with one attached hydrogen (secondary N) is 1. The Kier molecular flexibility index (Phi) is 4.87. The third-order valence-corrected chi connectivity index (χ3v) is 6.68. The fourth-order valence-corrected chi connectivity index (χ4v) is 5.04. The summed E-state index contributed by atoms with van der Waals surface area (Å²) in [5.41, 5.74) is 2.52. The lowest BCUT2D eigenvalue weighted by molar-refractivity contribution is 0.318. The summed E-state index contributed by atoms with van der Waals surface area (Å²) in [7, 11) is 0. The zero-order chi connectivity index (χ0) is 20.7. The van der Waals surface area contributed by atoms with Gasteiger partial charge in [0.2, 0.25) is 0 Å². The fraction of sp³-hybridized carbons (Fsp3) is 0.478. The van der Waals surface area contributed by atoms with Gasteiger partial charge >= 0.3 is 0 Å². The van der Waals surface area contributed by atoms with Crippen LogP contribution < -0.4 is 5.56 Å². The van der Waals surface area contributed by atoms with Gasteiger partial charge in [-0.2, -0.15) is 10.4 Å². The van der Waals surface area contributed by atoms with Crippen LogP contribution >= 0.6 is 0 Å². The lowest BCUT2D eigenvalue weighted by Gasteiger charge is -2.16. The number of H-pyrrole nitrogens is 1. The number of rotatable bonds is 4. The molecule has 1 saturated carbocycles. The quantitative estimate of drug-likeness (QED) is 0.723. The number of hydrogen-bond donors (Lipinski definition) is 1. The molecule has 2 aromatic heterocycles. The van der Waals surface area contributed by atoms with Crippen molar-refractivity contribution in [3.8, 4) is 6.07 Å². The van der Waals surface area contributed by atoms with Crippen LogP contribution in [-0.2, 0) is 6.54 Å². The standard InChI is InChI=1S/C23H26N6O/c1-15-12-28(13-17-8-6-16(10-24)7-9-17)14-20(15)21-26-22-19(23(30)27-21)11-25-29(22)18-4-2-3-5-18/h6-9,11,15,18,20H,2-5,12-14H2,1H3,(H,26,27,30)/t15-,20-/m1/s1. The minimum atomic E-state index is -0.0861. The molecule has 154 valence electrons. The van der Waals surface area contributed by atoms with Crippen LogP contribution in [-0.4, -0.2) is 37.7 Å². The zero-order valence-corrected chi connectivity index (χ0v) is 17.2. The molecule has 7 nitrogen and oxygen atoms in total. The van der Waals surface area contributed by atoms with E-state index in [2.05, 4.69) is 28.0 Å². The Balaban J connectivity index is 1.39. The van der Waals surface area contributed by atoms with Crippen LogP contribution in [0.1, 0.15) is 61.5 Å². The molecule has 0 unspecified atom stereocenters. The fourth-order valence-electron chi connectivity index (χ4n) is 5.04. The average molecular weight is 403 g/mol. The monoisotopic (exact) mass is 402 g/mol. The molecule has 2 aliphatic rings. The van der Waals surface area contributed by atoms with Crippen LogP contribution in [0.2, 0.25) is 0 Å². The van der Waals surface area contributed by atoms with E-state index in [1.165, 1.54) is 18.4 Å². The van der Waals surface area contributed by atoms with Crippen molar-refractivity contribution in [2.45, 2.75) is 51.1 Å². The highest BCUT2D eigenvalue weighted by molar-refractivity contribution is 5.73. The maximum absolute atomic E-state index is 12.7. The first-order chi connectivity index (χ1) is 14.6. The summed E-state index contributed by atoms with van der Waals surface area (Å²) in [6, 6.07) is 10.3. The van der Waals surface area contributed by atoms with Gasteiger partial charge in [-0.25, -0.2) is 9.67 Å². The third kappa shape index (κ3) is 3.41. The van der Waals surface area contributed by atoms with Gasteiger partial charge in [0.1, 0.15) is 11.2 Å². The van der Waals surface area contributed by atoms with Crippen LogP contribution in [0.5, 0.6) is 0 Å². The van der Waals surface area contributed by atoms with Crippen LogP contribution in [0, 0.1) is 17.2 Å². The average Bonchev–Trinajstić information content (AvgIpc) is 3.48. The van der Waals surface area contributed by atoms with Crippen molar-refractivity contribution in [2.75, 3.05) is 13.1 Å². The van der Waals surface area contributed by atoms with E-state index in [1.807, 2.05) is 28.9 Å². The van der Waals surface area contributed by atoms with Crippen molar-refractivity contribution in [3.63, 3.8) is 0 Å². The van der Waals surface area contributed by atoms with Crippen LogP contribution in [0.15, 0.2) is 35.3 Å². The van der Waals surface area contributed by atoms with E-state index >= 15 is 0 Å². The summed E-state index contributed by atoms with van der Waals surface area (Å²) < 4.78 is 1.98. The van der Waals surface area contributed by atoms with Crippen molar-refractivity contribution in [3.05, 3.63) is 57.8 Å². The molecular weight excluding hydrogens is 376 g/mol. The summed E-state index contributed by atoms with van der Waals surface area (Å²) in [5.74, 6) is 1.36.